The largest absolute Gasteiger partial charge is 0.441 e. The molecule has 13 nitrogen and oxygen atoms in total. The number of H-pyrrole nitrogens is 1. The van der Waals surface area contributed by atoms with Crippen molar-refractivity contribution in [2.24, 2.45) is 7.05 Å². The van der Waals surface area contributed by atoms with Crippen molar-refractivity contribution in [2.75, 3.05) is 11.9 Å². The van der Waals surface area contributed by atoms with Crippen LogP contribution in [0.5, 0.6) is 0 Å². The minimum absolute atomic E-state index is 0.0681. The lowest BCUT2D eigenvalue weighted by molar-refractivity contribution is 0.0604. The molecule has 5 heterocycles. The predicted molar refractivity (Wildman–Crippen MR) is 126 cm³/mol. The predicted octanol–water partition coefficient (Wildman–Crippen LogP) is 2.52. The number of anilines is 2. The lowest BCUT2D eigenvalue weighted by atomic mass is 10.1. The van der Waals surface area contributed by atoms with Crippen molar-refractivity contribution in [3.8, 4) is 17.3 Å². The molecule has 4 aromatic heterocycles. The molecule has 2 fully saturated rings. The van der Waals surface area contributed by atoms with Gasteiger partial charge in [0.25, 0.3) is 0 Å². The van der Waals surface area contributed by atoms with Gasteiger partial charge in [-0.1, -0.05) is 0 Å². The lowest BCUT2D eigenvalue weighted by Crippen LogP contribution is -2.39. The van der Waals surface area contributed by atoms with Crippen LogP contribution < -0.4 is 10.6 Å². The van der Waals surface area contributed by atoms with Gasteiger partial charge in [0, 0.05) is 31.0 Å². The zero-order chi connectivity index (χ0) is 25.7. The monoisotopic (exact) mass is 506 g/mol. The Morgan fingerprint density at radius 1 is 1.43 bits per heavy atom. The molecule has 1 amide bonds. The SMILES string of the molecule is Cn1nccc1-c1cnc(Nc2cc([C@@H]3OC[C@H](OC(=O)NC4(C)CC4)[C@@H]3F)[nH]n2)n2cc(C#N)nc12. The number of fused-ring (bicyclic) bond motifs is 1. The van der Waals surface area contributed by atoms with Crippen LogP contribution in [0.1, 0.15) is 37.3 Å². The number of hydrogen-bond donors (Lipinski definition) is 3. The number of alkyl halides is 1. The van der Waals surface area contributed by atoms with Gasteiger partial charge in [-0.25, -0.2) is 19.2 Å². The summed E-state index contributed by atoms with van der Waals surface area (Å²) in [7, 11) is 1.80. The van der Waals surface area contributed by atoms with E-state index in [4.69, 9.17) is 9.47 Å². The van der Waals surface area contributed by atoms with Crippen LogP contribution in [0, 0.1) is 11.3 Å². The van der Waals surface area contributed by atoms with Crippen LogP contribution in [0.4, 0.5) is 21.0 Å². The summed E-state index contributed by atoms with van der Waals surface area (Å²) >= 11 is 0. The van der Waals surface area contributed by atoms with Crippen LogP contribution in [0.15, 0.2) is 30.7 Å². The van der Waals surface area contributed by atoms with Crippen LogP contribution in [-0.2, 0) is 16.5 Å². The van der Waals surface area contributed by atoms with E-state index in [1.165, 1.54) is 0 Å². The number of rotatable bonds is 6. The highest BCUT2D eigenvalue weighted by atomic mass is 19.1. The number of amides is 1. The number of aryl methyl sites for hydroxylation is 1. The van der Waals surface area contributed by atoms with Crippen molar-refractivity contribution in [2.45, 2.75) is 43.7 Å². The molecule has 1 aliphatic heterocycles. The van der Waals surface area contributed by atoms with Crippen molar-refractivity contribution < 1.29 is 18.7 Å². The maximum Gasteiger partial charge on any atom is 0.408 e. The minimum Gasteiger partial charge on any atom is -0.441 e. The summed E-state index contributed by atoms with van der Waals surface area (Å²) in [5.74, 6) is 0.701. The second-order valence-electron chi connectivity index (χ2n) is 9.43. The molecule has 0 unspecified atom stereocenters. The number of alkyl carbamates (subject to hydrolysis) is 1. The first-order valence-electron chi connectivity index (χ1n) is 11.7. The van der Waals surface area contributed by atoms with Crippen molar-refractivity contribution in [3.63, 3.8) is 0 Å². The molecule has 0 spiro atoms. The van der Waals surface area contributed by atoms with Crippen LogP contribution in [-0.4, -0.2) is 64.9 Å². The first kappa shape index (κ1) is 22.9. The topological polar surface area (TPSA) is 160 Å². The fraction of sp³-hybridized carbons (Fsp3) is 0.391. The molecule has 6 rings (SSSR count). The Morgan fingerprint density at radius 3 is 3.00 bits per heavy atom. The van der Waals surface area contributed by atoms with Crippen molar-refractivity contribution in [1.29, 1.82) is 5.26 Å². The molecule has 1 saturated carbocycles. The van der Waals surface area contributed by atoms with Crippen molar-refractivity contribution >= 4 is 23.5 Å². The van der Waals surface area contributed by atoms with Crippen LogP contribution in [0.3, 0.4) is 0 Å². The Balaban J connectivity index is 1.20. The summed E-state index contributed by atoms with van der Waals surface area (Å²) in [4.78, 5) is 21.0. The molecule has 0 bridgehead atoms. The number of carbonyl (C=O) groups excluding carboxylic acids is 1. The Hall–Kier alpha value is -4.51. The number of carbonyl (C=O) groups is 1. The molecule has 14 heteroatoms. The summed E-state index contributed by atoms with van der Waals surface area (Å²) < 4.78 is 29.2. The third kappa shape index (κ3) is 4.23. The number of imidazole rings is 1. The maximum atomic E-state index is 15.1. The molecule has 0 radical (unpaired) electrons. The van der Waals surface area contributed by atoms with E-state index in [9.17, 15) is 10.1 Å². The summed E-state index contributed by atoms with van der Waals surface area (Å²) in [6.45, 7) is 1.84. The average Bonchev–Trinajstić information content (AvgIpc) is 3.35. The van der Waals surface area contributed by atoms with Gasteiger partial charge in [-0.3, -0.25) is 14.2 Å². The summed E-state index contributed by atoms with van der Waals surface area (Å²) in [6, 6.07) is 5.46. The molecule has 190 valence electrons. The quantitative estimate of drug-likeness (QED) is 0.357. The van der Waals surface area contributed by atoms with E-state index >= 15 is 4.39 Å². The number of hydrogen-bond acceptors (Lipinski definition) is 9. The Labute approximate surface area is 209 Å². The number of halogens is 1. The van der Waals surface area contributed by atoms with Crippen molar-refractivity contribution in [1.82, 2.24) is 39.7 Å². The molecule has 3 atom stereocenters. The van der Waals surface area contributed by atoms with E-state index in [2.05, 4.69) is 35.9 Å². The third-order valence-corrected chi connectivity index (χ3v) is 6.59. The number of nitrogens with one attached hydrogen (secondary N) is 3. The van der Waals surface area contributed by atoms with E-state index < -0.39 is 24.5 Å². The van der Waals surface area contributed by atoms with Gasteiger partial charge >= 0.3 is 6.09 Å². The smallest absolute Gasteiger partial charge is 0.408 e. The van der Waals surface area contributed by atoms with Gasteiger partial charge in [0.15, 0.2) is 29.4 Å². The highest BCUT2D eigenvalue weighted by Crippen LogP contribution is 2.36. The third-order valence-electron chi connectivity index (χ3n) is 6.59. The summed E-state index contributed by atoms with van der Waals surface area (Å²) in [6.07, 6.45) is 2.38. The van der Waals surface area contributed by atoms with Gasteiger partial charge in [0.05, 0.1) is 29.8 Å². The number of aromatic amines is 1. The normalized spacial score (nSPS) is 22.1. The fourth-order valence-electron chi connectivity index (χ4n) is 4.27. The van der Waals surface area contributed by atoms with Gasteiger partial charge in [-0.2, -0.15) is 15.5 Å². The Kier molecular flexibility index (Phi) is 5.30. The number of nitrogens with zero attached hydrogens (tertiary/aromatic N) is 7. The highest BCUT2D eigenvalue weighted by Gasteiger charge is 2.44. The summed E-state index contributed by atoms with van der Waals surface area (Å²) in [5.41, 5.74) is 2.32. The zero-order valence-electron chi connectivity index (χ0n) is 20.0. The molecule has 37 heavy (non-hydrogen) atoms. The number of nitriles is 1. The zero-order valence-corrected chi connectivity index (χ0v) is 20.0. The standard InChI is InChI=1S/C23H23FN10O3/c1-23(4-5-23)30-22(35)37-16-11-36-19(18(16)24)14-7-17(32-31-14)29-21-26-9-13(15-3-6-27-33(15)2)20-28-12(8-25)10-34(20)21/h3,6-7,9-10,16,18-19H,4-5,11H2,1-2H3,(H,30,35)(H2,26,29,31,32)/t16-,18-,19-/m0/s1. The molecule has 3 N–H and O–H groups in total. The van der Waals surface area contributed by atoms with Gasteiger partial charge in [0.1, 0.15) is 12.2 Å². The van der Waals surface area contributed by atoms with E-state index in [0.717, 1.165) is 18.5 Å². The minimum atomic E-state index is -1.57. The lowest BCUT2D eigenvalue weighted by Gasteiger charge is -2.17. The van der Waals surface area contributed by atoms with Gasteiger partial charge in [-0.15, -0.1) is 0 Å². The Bertz CT molecular complexity index is 1530. The van der Waals surface area contributed by atoms with E-state index in [0.29, 0.717) is 28.7 Å². The molecular formula is C23H23FN10O3. The first-order valence-corrected chi connectivity index (χ1v) is 11.7. The van der Waals surface area contributed by atoms with Gasteiger partial charge in [-0.05, 0) is 25.8 Å². The number of ether oxygens (including phenoxy) is 2. The van der Waals surface area contributed by atoms with Crippen LogP contribution in [0.25, 0.3) is 16.9 Å². The van der Waals surface area contributed by atoms with E-state index in [-0.39, 0.29) is 17.8 Å². The van der Waals surface area contributed by atoms with Crippen LogP contribution in [0.2, 0.25) is 0 Å². The second-order valence-corrected chi connectivity index (χ2v) is 9.43. The summed E-state index contributed by atoms with van der Waals surface area (Å²) in [5, 5.41) is 26.4. The molecule has 1 aliphatic carbocycles. The molecule has 0 aromatic carbocycles. The second kappa shape index (κ2) is 8.56. The van der Waals surface area contributed by atoms with Crippen LogP contribution >= 0.6 is 0 Å². The average molecular weight is 507 g/mol. The molecule has 1 saturated heterocycles. The molecule has 2 aliphatic rings. The molecular weight excluding hydrogens is 483 g/mol. The van der Waals surface area contributed by atoms with Gasteiger partial charge in [0.2, 0.25) is 5.95 Å². The highest BCUT2D eigenvalue weighted by molar-refractivity contribution is 5.77. The first-order chi connectivity index (χ1) is 17.8. The number of aromatic nitrogens is 7. The maximum absolute atomic E-state index is 15.1. The van der Waals surface area contributed by atoms with Gasteiger partial charge < -0.3 is 20.1 Å². The fourth-order valence-corrected chi connectivity index (χ4v) is 4.27. The van der Waals surface area contributed by atoms with Crippen molar-refractivity contribution in [3.05, 3.63) is 42.1 Å². The van der Waals surface area contributed by atoms with E-state index in [1.807, 2.05) is 19.1 Å². The van der Waals surface area contributed by atoms with E-state index in [1.54, 1.807) is 40.8 Å². The molecule has 4 aromatic rings. The Morgan fingerprint density at radius 2 is 2.27 bits per heavy atom.